The van der Waals surface area contributed by atoms with Crippen molar-refractivity contribution in [2.45, 2.75) is 39.5 Å². The van der Waals surface area contributed by atoms with Gasteiger partial charge in [0, 0.05) is 6.42 Å². The number of esters is 2. The van der Waals surface area contributed by atoms with Crippen LogP contribution < -0.4 is 5.43 Å². The van der Waals surface area contributed by atoms with Crippen molar-refractivity contribution >= 4 is 23.6 Å². The zero-order valence-corrected chi connectivity index (χ0v) is 11.8. The lowest BCUT2D eigenvalue weighted by Crippen LogP contribution is -2.27. The lowest BCUT2D eigenvalue weighted by atomic mass is 10.2. The van der Waals surface area contributed by atoms with Crippen molar-refractivity contribution in [2.24, 2.45) is 11.0 Å². The standard InChI is InChI=1S/C13H20N2O5/c1-3-19-12(17)8-11(16)15-14-10(7-9-5-6-9)13(18)20-4-2/h9H,3-8H2,1-2H3,(H,15,16)/b14-10-. The molecule has 0 unspecified atom stereocenters. The highest BCUT2D eigenvalue weighted by Gasteiger charge is 2.27. The van der Waals surface area contributed by atoms with Crippen molar-refractivity contribution in [1.29, 1.82) is 0 Å². The number of nitrogens with one attached hydrogen (secondary N) is 1. The minimum atomic E-state index is -0.625. The molecule has 0 atom stereocenters. The fourth-order valence-electron chi connectivity index (χ4n) is 1.50. The quantitative estimate of drug-likeness (QED) is 0.307. The zero-order valence-electron chi connectivity index (χ0n) is 11.8. The fourth-order valence-corrected chi connectivity index (χ4v) is 1.50. The van der Waals surface area contributed by atoms with E-state index < -0.39 is 24.3 Å². The summed E-state index contributed by atoms with van der Waals surface area (Å²) in [7, 11) is 0. The lowest BCUT2D eigenvalue weighted by Gasteiger charge is -2.06. The molecule has 0 aromatic carbocycles. The molecular weight excluding hydrogens is 264 g/mol. The van der Waals surface area contributed by atoms with Crippen LogP contribution in [-0.4, -0.2) is 36.8 Å². The average Bonchev–Trinajstić information content (AvgIpc) is 3.18. The summed E-state index contributed by atoms with van der Waals surface area (Å²) in [4.78, 5) is 34.2. The van der Waals surface area contributed by atoms with Crippen molar-refractivity contribution in [1.82, 2.24) is 5.43 Å². The first-order chi connectivity index (χ1) is 9.56. The number of rotatable bonds is 8. The first-order valence-electron chi connectivity index (χ1n) is 6.74. The Labute approximate surface area is 117 Å². The van der Waals surface area contributed by atoms with Gasteiger partial charge in [0.05, 0.1) is 13.2 Å². The molecule has 0 aromatic rings. The second-order valence-electron chi connectivity index (χ2n) is 4.44. The third-order valence-corrected chi connectivity index (χ3v) is 2.62. The van der Waals surface area contributed by atoms with Crippen LogP contribution in [0.25, 0.3) is 0 Å². The fraction of sp³-hybridized carbons (Fsp3) is 0.692. The second-order valence-corrected chi connectivity index (χ2v) is 4.44. The molecule has 1 aliphatic rings. The predicted molar refractivity (Wildman–Crippen MR) is 70.8 cm³/mol. The van der Waals surface area contributed by atoms with E-state index in [9.17, 15) is 14.4 Å². The van der Waals surface area contributed by atoms with Crippen LogP contribution in [0.4, 0.5) is 0 Å². The van der Waals surface area contributed by atoms with Crippen molar-refractivity contribution in [3.05, 3.63) is 0 Å². The van der Waals surface area contributed by atoms with Crippen molar-refractivity contribution in [3.8, 4) is 0 Å². The van der Waals surface area contributed by atoms with E-state index in [4.69, 9.17) is 4.74 Å². The maximum atomic E-state index is 11.6. The van der Waals surface area contributed by atoms with Crippen molar-refractivity contribution in [2.75, 3.05) is 13.2 Å². The molecule has 0 aliphatic heterocycles. The highest BCUT2D eigenvalue weighted by molar-refractivity contribution is 6.36. The first-order valence-corrected chi connectivity index (χ1v) is 6.74. The molecule has 1 aliphatic carbocycles. The van der Waals surface area contributed by atoms with E-state index in [2.05, 4.69) is 15.3 Å². The Morgan fingerprint density at radius 3 is 2.35 bits per heavy atom. The van der Waals surface area contributed by atoms with E-state index in [0.717, 1.165) is 12.8 Å². The van der Waals surface area contributed by atoms with E-state index in [1.54, 1.807) is 13.8 Å². The number of nitrogens with zero attached hydrogens (tertiary/aromatic N) is 1. The molecule has 0 aromatic heterocycles. The molecule has 1 saturated carbocycles. The molecule has 0 saturated heterocycles. The van der Waals surface area contributed by atoms with E-state index in [1.807, 2.05) is 0 Å². The summed E-state index contributed by atoms with van der Waals surface area (Å²) in [6.07, 6.45) is 2.17. The SMILES string of the molecule is CCOC(=O)CC(=O)N/N=C(/CC1CC1)C(=O)OCC. The summed E-state index contributed by atoms with van der Waals surface area (Å²) in [5, 5.41) is 3.77. The summed E-state index contributed by atoms with van der Waals surface area (Å²) >= 11 is 0. The van der Waals surface area contributed by atoms with Gasteiger partial charge in [0.15, 0.2) is 0 Å². The van der Waals surface area contributed by atoms with Gasteiger partial charge in [-0.1, -0.05) is 0 Å². The van der Waals surface area contributed by atoms with E-state index >= 15 is 0 Å². The lowest BCUT2D eigenvalue weighted by molar-refractivity contribution is -0.146. The van der Waals surface area contributed by atoms with Gasteiger partial charge in [-0.15, -0.1) is 0 Å². The van der Waals surface area contributed by atoms with Crippen LogP contribution in [0.1, 0.15) is 39.5 Å². The Bertz CT molecular complexity index is 402. The summed E-state index contributed by atoms with van der Waals surface area (Å²) < 4.78 is 9.51. The summed E-state index contributed by atoms with van der Waals surface area (Å²) in [5.41, 5.74) is 2.38. The highest BCUT2D eigenvalue weighted by atomic mass is 16.5. The normalized spacial score (nSPS) is 14.6. The first kappa shape index (κ1) is 16.1. The molecule has 1 N–H and O–H groups in total. The van der Waals surface area contributed by atoms with Gasteiger partial charge in [0.25, 0.3) is 5.91 Å². The Balaban J connectivity index is 2.49. The Morgan fingerprint density at radius 1 is 1.15 bits per heavy atom. The number of hydrogen-bond acceptors (Lipinski definition) is 6. The van der Waals surface area contributed by atoms with Gasteiger partial charge in [-0.2, -0.15) is 5.10 Å². The Hall–Kier alpha value is -1.92. The third-order valence-electron chi connectivity index (χ3n) is 2.62. The highest BCUT2D eigenvalue weighted by Crippen LogP contribution is 2.32. The molecule has 112 valence electrons. The second kappa shape index (κ2) is 8.29. The van der Waals surface area contributed by atoms with Gasteiger partial charge in [-0.25, -0.2) is 10.2 Å². The molecular formula is C13H20N2O5. The number of hydrazone groups is 1. The number of carbonyl (C=O) groups is 3. The Morgan fingerprint density at radius 2 is 1.80 bits per heavy atom. The largest absolute Gasteiger partial charge is 0.466 e. The molecule has 0 heterocycles. The Kier molecular flexibility index (Phi) is 6.69. The van der Waals surface area contributed by atoms with Crippen molar-refractivity contribution < 1.29 is 23.9 Å². The van der Waals surface area contributed by atoms with E-state index in [1.165, 1.54) is 0 Å². The molecule has 1 amide bonds. The minimum absolute atomic E-state index is 0.187. The van der Waals surface area contributed by atoms with Crippen LogP contribution in [0.3, 0.4) is 0 Å². The molecule has 0 bridgehead atoms. The third kappa shape index (κ3) is 6.31. The van der Waals surface area contributed by atoms with Gasteiger partial charge in [0.2, 0.25) is 0 Å². The van der Waals surface area contributed by atoms with Crippen LogP contribution in [0.15, 0.2) is 5.10 Å². The molecule has 0 radical (unpaired) electrons. The van der Waals surface area contributed by atoms with Crippen molar-refractivity contribution in [3.63, 3.8) is 0 Å². The minimum Gasteiger partial charge on any atom is -0.466 e. The maximum absolute atomic E-state index is 11.6. The van der Waals surface area contributed by atoms with E-state index in [-0.39, 0.29) is 18.9 Å². The van der Waals surface area contributed by atoms with Crippen LogP contribution in [0, 0.1) is 5.92 Å². The van der Waals surface area contributed by atoms with Gasteiger partial charge < -0.3 is 9.47 Å². The predicted octanol–water partition coefficient (Wildman–Crippen LogP) is 0.775. The summed E-state index contributed by atoms with van der Waals surface area (Å²) in [5.74, 6) is -1.34. The van der Waals surface area contributed by atoms with E-state index in [0.29, 0.717) is 12.3 Å². The molecule has 7 nitrogen and oxygen atoms in total. The molecule has 1 fully saturated rings. The number of ether oxygens (including phenoxy) is 2. The summed E-state index contributed by atoms with van der Waals surface area (Å²) in [6.45, 7) is 3.82. The summed E-state index contributed by atoms with van der Waals surface area (Å²) in [6, 6.07) is 0. The van der Waals surface area contributed by atoms with Crippen LogP contribution in [0.5, 0.6) is 0 Å². The van der Waals surface area contributed by atoms with Crippen LogP contribution >= 0.6 is 0 Å². The molecule has 1 rings (SSSR count). The number of amides is 1. The molecule has 0 spiro atoms. The van der Waals surface area contributed by atoms with Crippen LogP contribution in [0.2, 0.25) is 0 Å². The van der Waals surface area contributed by atoms with Gasteiger partial charge in [-0.05, 0) is 32.6 Å². The van der Waals surface area contributed by atoms with Gasteiger partial charge in [0.1, 0.15) is 12.1 Å². The van der Waals surface area contributed by atoms with Crippen LogP contribution in [-0.2, 0) is 23.9 Å². The van der Waals surface area contributed by atoms with Gasteiger partial charge in [-0.3, -0.25) is 9.59 Å². The van der Waals surface area contributed by atoms with Gasteiger partial charge >= 0.3 is 11.9 Å². The monoisotopic (exact) mass is 284 g/mol. The number of carbonyl (C=O) groups excluding carboxylic acids is 3. The topological polar surface area (TPSA) is 94.1 Å². The average molecular weight is 284 g/mol. The zero-order chi connectivity index (χ0) is 15.0. The smallest absolute Gasteiger partial charge is 0.354 e. The number of hydrogen-bond donors (Lipinski definition) is 1. The molecule has 7 heteroatoms. The maximum Gasteiger partial charge on any atom is 0.354 e. The molecule has 20 heavy (non-hydrogen) atoms.